The van der Waals surface area contributed by atoms with E-state index in [2.05, 4.69) is 5.32 Å². The van der Waals surface area contributed by atoms with Gasteiger partial charge in [-0.2, -0.15) is 0 Å². The molecule has 1 saturated carbocycles. The number of aliphatic hydroxyl groups excluding tert-OH is 2. The molecule has 0 radical (unpaired) electrons. The maximum atomic E-state index is 10.2. The Hall–Kier alpha value is -0.320. The Balaban J connectivity index is 1.95. The van der Waals surface area contributed by atoms with Gasteiger partial charge in [0.25, 0.3) is 0 Å². The summed E-state index contributed by atoms with van der Waals surface area (Å²) in [6.45, 7) is 4.41. The minimum atomic E-state index is -0.709. The summed E-state index contributed by atoms with van der Waals surface area (Å²) < 4.78 is 0. The van der Waals surface area contributed by atoms with E-state index in [1.54, 1.807) is 18.2 Å². The monoisotopic (exact) mass is 303 g/mol. The van der Waals surface area contributed by atoms with E-state index in [-0.39, 0.29) is 17.6 Å². The van der Waals surface area contributed by atoms with Gasteiger partial charge in [-0.1, -0.05) is 37.0 Å². The zero-order valence-corrected chi connectivity index (χ0v) is 12.5. The van der Waals surface area contributed by atoms with Gasteiger partial charge in [-0.3, -0.25) is 0 Å². The molecule has 3 unspecified atom stereocenters. The molecule has 106 valence electrons. The largest absolute Gasteiger partial charge is 0.392 e. The van der Waals surface area contributed by atoms with Crippen molar-refractivity contribution in [3.05, 3.63) is 33.8 Å². The van der Waals surface area contributed by atoms with Gasteiger partial charge in [0, 0.05) is 33.6 Å². The quantitative estimate of drug-likeness (QED) is 0.802. The van der Waals surface area contributed by atoms with E-state index < -0.39 is 6.10 Å². The number of nitrogens with one attached hydrogen (secondary N) is 1. The van der Waals surface area contributed by atoms with Crippen LogP contribution in [0, 0.1) is 5.41 Å². The zero-order chi connectivity index (χ0) is 14.2. The van der Waals surface area contributed by atoms with Gasteiger partial charge in [-0.15, -0.1) is 0 Å². The van der Waals surface area contributed by atoms with Crippen molar-refractivity contribution in [3.63, 3.8) is 0 Å². The Kier molecular flexibility index (Phi) is 4.43. The molecule has 3 atom stereocenters. The van der Waals surface area contributed by atoms with Crippen LogP contribution in [0.25, 0.3) is 0 Å². The molecule has 0 saturated heterocycles. The predicted molar refractivity (Wildman–Crippen MR) is 77.6 cm³/mol. The molecule has 19 heavy (non-hydrogen) atoms. The molecular formula is C14H19Cl2NO2. The molecule has 1 fully saturated rings. The van der Waals surface area contributed by atoms with E-state index in [0.717, 1.165) is 0 Å². The van der Waals surface area contributed by atoms with Gasteiger partial charge in [0.15, 0.2) is 0 Å². The first kappa shape index (κ1) is 15.1. The lowest BCUT2D eigenvalue weighted by Gasteiger charge is -2.50. The van der Waals surface area contributed by atoms with Gasteiger partial charge in [0.2, 0.25) is 0 Å². The predicted octanol–water partition coefficient (Wildman–Crippen LogP) is 2.78. The van der Waals surface area contributed by atoms with Gasteiger partial charge in [-0.05, 0) is 24.6 Å². The minimum Gasteiger partial charge on any atom is -0.392 e. The fraction of sp³-hybridized carbons (Fsp3) is 0.571. The van der Waals surface area contributed by atoms with Crippen molar-refractivity contribution in [1.82, 2.24) is 5.32 Å². The third kappa shape index (κ3) is 3.06. The summed E-state index contributed by atoms with van der Waals surface area (Å²) in [4.78, 5) is 0. The van der Waals surface area contributed by atoms with E-state index in [4.69, 9.17) is 23.2 Å². The number of hydrogen-bond acceptors (Lipinski definition) is 3. The molecule has 0 spiro atoms. The molecule has 0 amide bonds. The van der Waals surface area contributed by atoms with Crippen molar-refractivity contribution in [3.8, 4) is 0 Å². The van der Waals surface area contributed by atoms with Crippen molar-refractivity contribution in [2.75, 3.05) is 6.54 Å². The van der Waals surface area contributed by atoms with Gasteiger partial charge in [0.05, 0.1) is 12.2 Å². The highest BCUT2D eigenvalue weighted by Gasteiger charge is 2.46. The molecule has 1 aromatic carbocycles. The summed E-state index contributed by atoms with van der Waals surface area (Å²) in [5.41, 5.74) is 0.469. The summed E-state index contributed by atoms with van der Waals surface area (Å²) in [7, 11) is 0. The standard InChI is InChI=1S/C14H19Cl2NO2/c1-14(2)12(6-13(14)19)17-7-11(18)9-5-8(15)3-4-10(9)16/h3-5,11-13,17-19H,6-7H2,1-2H3. The second-order valence-corrected chi connectivity index (χ2v) is 6.56. The van der Waals surface area contributed by atoms with Gasteiger partial charge < -0.3 is 15.5 Å². The molecule has 1 aromatic rings. The maximum absolute atomic E-state index is 10.2. The minimum absolute atomic E-state index is 0.155. The smallest absolute Gasteiger partial charge is 0.0929 e. The van der Waals surface area contributed by atoms with Crippen LogP contribution in [0.3, 0.4) is 0 Å². The second-order valence-electron chi connectivity index (χ2n) is 5.72. The van der Waals surface area contributed by atoms with E-state index in [9.17, 15) is 10.2 Å². The summed E-state index contributed by atoms with van der Waals surface area (Å²) in [5, 5.41) is 24.2. The summed E-state index contributed by atoms with van der Waals surface area (Å²) >= 11 is 12.0. The Morgan fingerprint density at radius 1 is 1.42 bits per heavy atom. The van der Waals surface area contributed by atoms with E-state index in [1.165, 1.54) is 0 Å². The lowest BCUT2D eigenvalue weighted by atomic mass is 9.64. The highest BCUT2D eigenvalue weighted by Crippen LogP contribution is 2.40. The normalized spacial score (nSPS) is 26.8. The lowest BCUT2D eigenvalue weighted by Crippen LogP contribution is -2.60. The molecule has 1 aliphatic carbocycles. The number of hydrogen-bond donors (Lipinski definition) is 3. The Bertz CT molecular complexity index is 465. The molecule has 0 heterocycles. The van der Waals surface area contributed by atoms with Crippen LogP contribution in [0.4, 0.5) is 0 Å². The summed E-state index contributed by atoms with van der Waals surface area (Å²) in [6.07, 6.45) is -0.278. The van der Waals surface area contributed by atoms with Crippen molar-refractivity contribution >= 4 is 23.2 Å². The molecule has 0 aromatic heterocycles. The average Bonchev–Trinajstić information content (AvgIpc) is 2.36. The first-order chi connectivity index (χ1) is 8.82. The third-order valence-corrected chi connectivity index (χ3v) is 4.67. The molecule has 3 nitrogen and oxygen atoms in total. The highest BCUT2D eigenvalue weighted by molar-refractivity contribution is 6.33. The van der Waals surface area contributed by atoms with Crippen molar-refractivity contribution in [2.45, 2.75) is 38.5 Å². The summed E-state index contributed by atoms with van der Waals surface area (Å²) in [6, 6.07) is 5.25. The van der Waals surface area contributed by atoms with Crippen LogP contribution in [0.2, 0.25) is 10.0 Å². The molecule has 0 bridgehead atoms. The van der Waals surface area contributed by atoms with Gasteiger partial charge in [0.1, 0.15) is 0 Å². The second kappa shape index (κ2) is 5.58. The van der Waals surface area contributed by atoms with Crippen LogP contribution in [0.15, 0.2) is 18.2 Å². The molecule has 2 rings (SSSR count). The van der Waals surface area contributed by atoms with E-state index in [1.807, 2.05) is 13.8 Å². The van der Waals surface area contributed by atoms with Crippen LogP contribution in [0.5, 0.6) is 0 Å². The molecule has 3 N–H and O–H groups in total. The Morgan fingerprint density at radius 2 is 2.11 bits per heavy atom. The van der Waals surface area contributed by atoms with Gasteiger partial charge >= 0.3 is 0 Å². The fourth-order valence-electron chi connectivity index (χ4n) is 2.38. The van der Waals surface area contributed by atoms with Crippen LogP contribution >= 0.6 is 23.2 Å². The first-order valence-electron chi connectivity index (χ1n) is 6.37. The first-order valence-corrected chi connectivity index (χ1v) is 7.12. The SMILES string of the molecule is CC1(C)C(O)CC1NCC(O)c1cc(Cl)ccc1Cl. The van der Waals surface area contributed by atoms with Crippen LogP contribution in [0.1, 0.15) is 31.9 Å². The van der Waals surface area contributed by atoms with Crippen LogP contribution in [-0.2, 0) is 0 Å². The number of aliphatic hydroxyl groups is 2. The number of benzene rings is 1. The van der Waals surface area contributed by atoms with Crippen molar-refractivity contribution in [2.24, 2.45) is 5.41 Å². The maximum Gasteiger partial charge on any atom is 0.0929 e. The average molecular weight is 304 g/mol. The Labute approximate surface area is 123 Å². The number of rotatable bonds is 4. The third-order valence-electron chi connectivity index (χ3n) is 4.09. The lowest BCUT2D eigenvalue weighted by molar-refractivity contribution is -0.0749. The molecular weight excluding hydrogens is 285 g/mol. The van der Waals surface area contributed by atoms with E-state index >= 15 is 0 Å². The van der Waals surface area contributed by atoms with Crippen molar-refractivity contribution < 1.29 is 10.2 Å². The molecule has 5 heteroatoms. The molecule has 1 aliphatic rings. The fourth-order valence-corrected chi connectivity index (χ4v) is 2.81. The zero-order valence-electron chi connectivity index (χ0n) is 11.0. The molecule has 0 aliphatic heterocycles. The Morgan fingerprint density at radius 3 is 2.68 bits per heavy atom. The van der Waals surface area contributed by atoms with Gasteiger partial charge in [-0.25, -0.2) is 0 Å². The van der Waals surface area contributed by atoms with Crippen LogP contribution in [-0.4, -0.2) is 28.9 Å². The highest BCUT2D eigenvalue weighted by atomic mass is 35.5. The van der Waals surface area contributed by atoms with E-state index in [0.29, 0.717) is 28.6 Å². The summed E-state index contributed by atoms with van der Waals surface area (Å²) in [5.74, 6) is 0. The van der Waals surface area contributed by atoms with Crippen LogP contribution < -0.4 is 5.32 Å². The topological polar surface area (TPSA) is 52.5 Å². The van der Waals surface area contributed by atoms with Crippen molar-refractivity contribution in [1.29, 1.82) is 0 Å². The number of halogens is 2.